The second kappa shape index (κ2) is 8.43. The van der Waals surface area contributed by atoms with E-state index in [1.54, 1.807) is 0 Å². The van der Waals surface area contributed by atoms with Crippen LogP contribution in [0.15, 0.2) is 0 Å². The average Bonchev–Trinajstić information content (AvgIpc) is 2.71. The van der Waals surface area contributed by atoms with Gasteiger partial charge in [0.25, 0.3) is 5.91 Å². The Morgan fingerprint density at radius 2 is 1.84 bits per heavy atom. The van der Waals surface area contributed by atoms with E-state index in [1.165, 1.54) is 6.42 Å². The molecular weight excluding hydrogens is 425 g/mol. The van der Waals surface area contributed by atoms with E-state index in [1.807, 2.05) is 0 Å². The lowest BCUT2D eigenvalue weighted by atomic mass is 9.44. The predicted octanol–water partition coefficient (Wildman–Crippen LogP) is 1.71. The Morgan fingerprint density at radius 1 is 1.10 bits per heavy atom. The molecule has 31 heavy (non-hydrogen) atoms. The molecular formula is C22H33ClFN3O4. The summed E-state index contributed by atoms with van der Waals surface area (Å²) >= 11 is 5.89. The Morgan fingerprint density at radius 3 is 2.61 bits per heavy atom. The van der Waals surface area contributed by atoms with Crippen LogP contribution in [0.25, 0.3) is 0 Å². The van der Waals surface area contributed by atoms with Crippen molar-refractivity contribution < 1.29 is 23.5 Å². The van der Waals surface area contributed by atoms with Crippen molar-refractivity contribution in [1.82, 2.24) is 16.0 Å². The Labute approximate surface area is 187 Å². The molecule has 0 aromatic heterocycles. The van der Waals surface area contributed by atoms with Crippen LogP contribution in [-0.2, 0) is 19.1 Å². The summed E-state index contributed by atoms with van der Waals surface area (Å²) < 4.78 is 25.4. The molecule has 5 aliphatic carbocycles. The molecule has 5 unspecified atom stereocenters. The van der Waals surface area contributed by atoms with Gasteiger partial charge in [0.15, 0.2) is 0 Å². The quantitative estimate of drug-likeness (QED) is 0.528. The molecule has 2 amide bonds. The molecule has 3 N–H and O–H groups in total. The molecule has 6 atom stereocenters. The summed E-state index contributed by atoms with van der Waals surface area (Å²) in [6, 6.07) is 0.384. The minimum atomic E-state index is -1.07. The van der Waals surface area contributed by atoms with Crippen LogP contribution in [-0.4, -0.2) is 71.9 Å². The van der Waals surface area contributed by atoms with Crippen LogP contribution in [0.5, 0.6) is 0 Å². The molecule has 6 aliphatic rings. The maximum Gasteiger partial charge on any atom is 0.250 e. The van der Waals surface area contributed by atoms with Crippen LogP contribution in [0.1, 0.15) is 64.2 Å². The fourth-order valence-electron chi connectivity index (χ4n) is 6.28. The van der Waals surface area contributed by atoms with Gasteiger partial charge in [-0.2, -0.15) is 0 Å². The van der Waals surface area contributed by atoms with E-state index in [9.17, 15) is 14.0 Å². The zero-order chi connectivity index (χ0) is 21.6. The third-order valence-electron chi connectivity index (χ3n) is 7.82. The van der Waals surface area contributed by atoms with E-state index in [0.29, 0.717) is 25.4 Å². The lowest BCUT2D eigenvalue weighted by Crippen LogP contribution is -2.84. The maximum atomic E-state index is 13.7. The number of ether oxygens (including phenoxy) is 2. The topological polar surface area (TPSA) is 88.7 Å². The molecule has 7 nitrogen and oxygen atoms in total. The Balaban J connectivity index is 1.02. The summed E-state index contributed by atoms with van der Waals surface area (Å²) in [6.07, 6.45) is 6.65. The second-order valence-electron chi connectivity index (χ2n) is 10.4. The molecule has 2 bridgehead atoms. The first-order valence-corrected chi connectivity index (χ1v) is 12.2. The molecule has 0 spiro atoms. The monoisotopic (exact) mass is 457 g/mol. The highest BCUT2D eigenvalue weighted by molar-refractivity contribution is 6.21. The van der Waals surface area contributed by atoms with Gasteiger partial charge in [-0.05, 0) is 44.9 Å². The number of carbonyl (C=O) groups excluding carboxylic acids is 2. The van der Waals surface area contributed by atoms with Crippen LogP contribution in [0, 0.1) is 0 Å². The molecule has 6 rings (SSSR count). The smallest absolute Gasteiger partial charge is 0.250 e. The van der Waals surface area contributed by atoms with E-state index in [-0.39, 0.29) is 48.1 Å². The number of halogens is 2. The van der Waals surface area contributed by atoms with E-state index in [4.69, 9.17) is 21.1 Å². The largest absolute Gasteiger partial charge is 0.368 e. The van der Waals surface area contributed by atoms with E-state index >= 15 is 0 Å². The normalized spacial score (nSPS) is 46.1. The molecule has 0 aromatic carbocycles. The molecule has 9 heteroatoms. The zero-order valence-corrected chi connectivity index (χ0v) is 18.6. The van der Waals surface area contributed by atoms with Crippen molar-refractivity contribution in [3.63, 3.8) is 0 Å². The second-order valence-corrected chi connectivity index (χ2v) is 10.9. The van der Waals surface area contributed by atoms with Gasteiger partial charge in [-0.25, -0.2) is 4.39 Å². The minimum absolute atomic E-state index is 0.0462. The first-order chi connectivity index (χ1) is 14.9. The summed E-state index contributed by atoms with van der Waals surface area (Å²) in [5.41, 5.74) is -0.442. The van der Waals surface area contributed by atoms with Gasteiger partial charge in [0.1, 0.15) is 18.9 Å². The number of hydrogen-bond acceptors (Lipinski definition) is 5. The molecule has 5 saturated carbocycles. The summed E-state index contributed by atoms with van der Waals surface area (Å²) in [5, 5.41) is 9.26. The Hall–Kier alpha value is -0.960. The van der Waals surface area contributed by atoms with Gasteiger partial charge in [0, 0.05) is 30.1 Å². The maximum absolute atomic E-state index is 13.7. The molecule has 1 saturated heterocycles. The van der Waals surface area contributed by atoms with Gasteiger partial charge >= 0.3 is 0 Å². The first-order valence-electron chi connectivity index (χ1n) is 11.8. The first kappa shape index (κ1) is 21.9. The molecule has 0 radical (unpaired) electrons. The van der Waals surface area contributed by atoms with Gasteiger partial charge in [0.2, 0.25) is 5.91 Å². The van der Waals surface area contributed by atoms with Gasteiger partial charge < -0.3 is 25.4 Å². The molecule has 174 valence electrons. The number of alkyl halides is 2. The van der Waals surface area contributed by atoms with Crippen molar-refractivity contribution in [3.8, 4) is 0 Å². The third-order valence-corrected chi connectivity index (χ3v) is 8.31. The third kappa shape index (κ3) is 4.45. The SMILES string of the molecule is O=C(COC1CCC(Cl)C(F)C1)NC12CC(NC(=O)[C@@H]3CNC4CCCCC4O3)(C1)C2. The summed E-state index contributed by atoms with van der Waals surface area (Å²) in [7, 11) is 0. The van der Waals surface area contributed by atoms with Crippen molar-refractivity contribution >= 4 is 23.4 Å². The fraction of sp³-hybridized carbons (Fsp3) is 0.909. The summed E-state index contributed by atoms with van der Waals surface area (Å²) in [5.74, 6) is -0.221. The van der Waals surface area contributed by atoms with Gasteiger partial charge in [-0.3, -0.25) is 9.59 Å². The number of amides is 2. The summed E-state index contributed by atoms with van der Waals surface area (Å²) in [4.78, 5) is 25.0. The van der Waals surface area contributed by atoms with Gasteiger partial charge in [-0.1, -0.05) is 12.8 Å². The number of fused-ring (bicyclic) bond motifs is 1. The standard InChI is InChI=1S/C22H33ClFN3O4/c23-14-6-5-13(7-15(14)24)30-9-19(28)26-21-10-22(11-21,12-21)27-20(29)18-8-25-16-3-1-2-4-17(16)31-18/h13-18,25H,1-12H2,(H,26,28)(H,27,29)/t13?,14?,15?,16?,17?,18-,21?,22?/m0/s1. The lowest BCUT2D eigenvalue weighted by Gasteiger charge is -2.70. The van der Waals surface area contributed by atoms with Crippen LogP contribution < -0.4 is 16.0 Å². The molecule has 0 aromatic rings. The van der Waals surface area contributed by atoms with E-state index < -0.39 is 17.7 Å². The average molecular weight is 458 g/mol. The van der Waals surface area contributed by atoms with Crippen LogP contribution >= 0.6 is 11.6 Å². The van der Waals surface area contributed by atoms with E-state index in [0.717, 1.165) is 38.5 Å². The zero-order valence-electron chi connectivity index (χ0n) is 17.8. The number of nitrogens with one attached hydrogen (secondary N) is 3. The number of carbonyl (C=O) groups is 2. The van der Waals surface area contributed by atoms with Crippen molar-refractivity contribution in [2.75, 3.05) is 13.2 Å². The Bertz CT molecular complexity index is 705. The molecule has 1 heterocycles. The van der Waals surface area contributed by atoms with E-state index in [2.05, 4.69) is 16.0 Å². The highest BCUT2D eigenvalue weighted by atomic mass is 35.5. The van der Waals surface area contributed by atoms with Crippen LogP contribution in [0.4, 0.5) is 4.39 Å². The van der Waals surface area contributed by atoms with Crippen LogP contribution in [0.2, 0.25) is 0 Å². The summed E-state index contributed by atoms with van der Waals surface area (Å²) in [6.45, 7) is 0.503. The van der Waals surface area contributed by atoms with Crippen molar-refractivity contribution in [3.05, 3.63) is 0 Å². The highest BCUT2D eigenvalue weighted by Crippen LogP contribution is 2.60. The predicted molar refractivity (Wildman–Crippen MR) is 113 cm³/mol. The van der Waals surface area contributed by atoms with Gasteiger partial charge in [-0.15, -0.1) is 11.6 Å². The molecule has 6 fully saturated rings. The fourth-order valence-corrected chi connectivity index (χ4v) is 6.51. The minimum Gasteiger partial charge on any atom is -0.368 e. The number of hydrogen-bond donors (Lipinski definition) is 3. The highest BCUT2D eigenvalue weighted by Gasteiger charge is 2.69. The van der Waals surface area contributed by atoms with Gasteiger partial charge in [0.05, 0.1) is 17.6 Å². The Kier molecular flexibility index (Phi) is 5.95. The lowest BCUT2D eigenvalue weighted by molar-refractivity contribution is -0.164. The number of morpholine rings is 1. The van der Waals surface area contributed by atoms with Crippen molar-refractivity contribution in [2.24, 2.45) is 0 Å². The number of rotatable bonds is 6. The molecule has 1 aliphatic heterocycles. The van der Waals surface area contributed by atoms with Crippen molar-refractivity contribution in [2.45, 2.75) is 111 Å². The van der Waals surface area contributed by atoms with Crippen molar-refractivity contribution in [1.29, 1.82) is 0 Å². The van der Waals surface area contributed by atoms with Crippen LogP contribution in [0.3, 0.4) is 0 Å².